The van der Waals surface area contributed by atoms with E-state index in [1.54, 1.807) is 0 Å². The molecule has 0 fully saturated rings. The average molecular weight is 279 g/mol. The van der Waals surface area contributed by atoms with Crippen molar-refractivity contribution < 1.29 is 0 Å². The molecule has 0 radical (unpaired) electrons. The van der Waals surface area contributed by atoms with Crippen LogP contribution in [0.25, 0.3) is 0 Å². The van der Waals surface area contributed by atoms with Crippen molar-refractivity contribution >= 4 is 15.9 Å². The standard InChI is InChI=1S/C13H15BrN2/c1-16-8-4-6-12(16)10-15-9-11-5-2-3-7-13(11)14/h2-8,15H,9-10H2,1H3. The van der Waals surface area contributed by atoms with Crippen molar-refractivity contribution in [3.05, 3.63) is 58.3 Å². The summed E-state index contributed by atoms with van der Waals surface area (Å²) < 4.78 is 3.29. The Morgan fingerprint density at radius 3 is 2.62 bits per heavy atom. The zero-order chi connectivity index (χ0) is 11.4. The van der Waals surface area contributed by atoms with Crippen LogP contribution in [0.3, 0.4) is 0 Å². The zero-order valence-electron chi connectivity index (χ0n) is 9.28. The van der Waals surface area contributed by atoms with Gasteiger partial charge in [-0.1, -0.05) is 34.1 Å². The van der Waals surface area contributed by atoms with Gasteiger partial charge in [0, 0.05) is 36.5 Å². The summed E-state index contributed by atoms with van der Waals surface area (Å²) in [6.07, 6.45) is 2.06. The molecule has 0 saturated heterocycles. The predicted octanol–water partition coefficient (Wildman–Crippen LogP) is 3.08. The summed E-state index contributed by atoms with van der Waals surface area (Å²) in [4.78, 5) is 0. The molecule has 2 rings (SSSR count). The highest BCUT2D eigenvalue weighted by molar-refractivity contribution is 9.10. The molecule has 0 bridgehead atoms. The van der Waals surface area contributed by atoms with Crippen LogP contribution in [-0.4, -0.2) is 4.57 Å². The quantitative estimate of drug-likeness (QED) is 0.910. The first-order valence-electron chi connectivity index (χ1n) is 5.31. The number of rotatable bonds is 4. The fraction of sp³-hybridized carbons (Fsp3) is 0.231. The van der Waals surface area contributed by atoms with Crippen LogP contribution in [-0.2, 0) is 20.1 Å². The Balaban J connectivity index is 1.89. The van der Waals surface area contributed by atoms with Crippen LogP contribution < -0.4 is 5.32 Å². The van der Waals surface area contributed by atoms with Gasteiger partial charge in [0.2, 0.25) is 0 Å². The maximum atomic E-state index is 3.54. The van der Waals surface area contributed by atoms with Crippen molar-refractivity contribution in [3.63, 3.8) is 0 Å². The Kier molecular flexibility index (Phi) is 3.80. The first-order valence-corrected chi connectivity index (χ1v) is 6.11. The van der Waals surface area contributed by atoms with Gasteiger partial charge < -0.3 is 9.88 Å². The number of nitrogens with one attached hydrogen (secondary N) is 1. The largest absolute Gasteiger partial charge is 0.353 e. The van der Waals surface area contributed by atoms with Crippen LogP contribution in [0.2, 0.25) is 0 Å². The number of hydrogen-bond acceptors (Lipinski definition) is 1. The average Bonchev–Trinajstić information content (AvgIpc) is 2.67. The van der Waals surface area contributed by atoms with E-state index in [4.69, 9.17) is 0 Å². The topological polar surface area (TPSA) is 17.0 Å². The van der Waals surface area contributed by atoms with Gasteiger partial charge in [0.1, 0.15) is 0 Å². The van der Waals surface area contributed by atoms with Gasteiger partial charge in [-0.05, 0) is 23.8 Å². The molecule has 2 nitrogen and oxygen atoms in total. The lowest BCUT2D eigenvalue weighted by Crippen LogP contribution is -2.14. The number of benzene rings is 1. The van der Waals surface area contributed by atoms with Gasteiger partial charge >= 0.3 is 0 Å². The number of aryl methyl sites for hydroxylation is 1. The smallest absolute Gasteiger partial charge is 0.0362 e. The number of hydrogen-bond donors (Lipinski definition) is 1. The second kappa shape index (κ2) is 5.32. The fourth-order valence-electron chi connectivity index (χ4n) is 1.65. The van der Waals surface area contributed by atoms with Crippen LogP contribution in [0.5, 0.6) is 0 Å². The third-order valence-electron chi connectivity index (χ3n) is 2.63. The highest BCUT2D eigenvalue weighted by Crippen LogP contribution is 2.15. The molecule has 1 N–H and O–H groups in total. The van der Waals surface area contributed by atoms with Gasteiger partial charge in [-0.2, -0.15) is 0 Å². The van der Waals surface area contributed by atoms with E-state index in [2.05, 4.69) is 69.4 Å². The van der Waals surface area contributed by atoms with Crippen LogP contribution >= 0.6 is 15.9 Å². The molecule has 16 heavy (non-hydrogen) atoms. The minimum atomic E-state index is 0.882. The monoisotopic (exact) mass is 278 g/mol. The maximum Gasteiger partial charge on any atom is 0.0362 e. The molecule has 1 aromatic heterocycles. The van der Waals surface area contributed by atoms with Crippen LogP contribution in [0.1, 0.15) is 11.3 Å². The molecule has 1 heterocycles. The minimum Gasteiger partial charge on any atom is -0.353 e. The van der Waals surface area contributed by atoms with Crippen molar-refractivity contribution in [1.82, 2.24) is 9.88 Å². The van der Waals surface area contributed by atoms with Crippen LogP contribution in [0, 0.1) is 0 Å². The van der Waals surface area contributed by atoms with Gasteiger partial charge in [-0.15, -0.1) is 0 Å². The first-order chi connectivity index (χ1) is 7.77. The van der Waals surface area contributed by atoms with Crippen molar-refractivity contribution in [1.29, 1.82) is 0 Å². The van der Waals surface area contributed by atoms with E-state index >= 15 is 0 Å². The van der Waals surface area contributed by atoms with E-state index in [0.29, 0.717) is 0 Å². The molecule has 0 amide bonds. The summed E-state index contributed by atoms with van der Waals surface area (Å²) in [5.41, 5.74) is 2.59. The molecular formula is C13H15BrN2. The Morgan fingerprint density at radius 2 is 1.94 bits per heavy atom. The third-order valence-corrected chi connectivity index (χ3v) is 3.40. The van der Waals surface area contributed by atoms with E-state index in [0.717, 1.165) is 17.6 Å². The second-order valence-electron chi connectivity index (χ2n) is 3.81. The Hall–Kier alpha value is -1.06. The number of aromatic nitrogens is 1. The molecule has 84 valence electrons. The van der Waals surface area contributed by atoms with Crippen molar-refractivity contribution in [2.45, 2.75) is 13.1 Å². The Labute approximate surface area is 104 Å². The van der Waals surface area contributed by atoms with Gasteiger partial charge in [0.05, 0.1) is 0 Å². The Morgan fingerprint density at radius 1 is 1.12 bits per heavy atom. The summed E-state index contributed by atoms with van der Waals surface area (Å²) in [6, 6.07) is 12.5. The highest BCUT2D eigenvalue weighted by Gasteiger charge is 1.99. The lowest BCUT2D eigenvalue weighted by Gasteiger charge is -2.07. The minimum absolute atomic E-state index is 0.882. The third kappa shape index (κ3) is 2.74. The van der Waals surface area contributed by atoms with E-state index in [9.17, 15) is 0 Å². The van der Waals surface area contributed by atoms with E-state index in [-0.39, 0.29) is 0 Å². The lowest BCUT2D eigenvalue weighted by atomic mass is 10.2. The molecule has 0 spiro atoms. The fourth-order valence-corrected chi connectivity index (χ4v) is 2.07. The van der Waals surface area contributed by atoms with Gasteiger partial charge in [-0.3, -0.25) is 0 Å². The molecule has 0 aliphatic rings. The second-order valence-corrected chi connectivity index (χ2v) is 4.66. The van der Waals surface area contributed by atoms with Crippen LogP contribution in [0.15, 0.2) is 47.1 Å². The summed E-state index contributed by atoms with van der Waals surface area (Å²) in [5.74, 6) is 0. The van der Waals surface area contributed by atoms with E-state index in [1.807, 2.05) is 6.07 Å². The molecule has 0 saturated carbocycles. The molecule has 1 aromatic carbocycles. The highest BCUT2D eigenvalue weighted by atomic mass is 79.9. The molecule has 0 aliphatic heterocycles. The summed E-state index contributed by atoms with van der Waals surface area (Å²) in [7, 11) is 2.06. The summed E-state index contributed by atoms with van der Waals surface area (Å²) >= 11 is 3.54. The SMILES string of the molecule is Cn1cccc1CNCc1ccccc1Br. The maximum absolute atomic E-state index is 3.54. The normalized spacial score (nSPS) is 10.6. The molecule has 0 atom stereocenters. The van der Waals surface area contributed by atoms with Crippen LogP contribution in [0.4, 0.5) is 0 Å². The lowest BCUT2D eigenvalue weighted by molar-refractivity contribution is 0.654. The number of nitrogens with zero attached hydrogens (tertiary/aromatic N) is 1. The van der Waals surface area contributed by atoms with Gasteiger partial charge in [-0.25, -0.2) is 0 Å². The van der Waals surface area contributed by atoms with E-state index in [1.165, 1.54) is 11.3 Å². The van der Waals surface area contributed by atoms with Gasteiger partial charge in [0.15, 0.2) is 0 Å². The van der Waals surface area contributed by atoms with E-state index < -0.39 is 0 Å². The summed E-state index contributed by atoms with van der Waals surface area (Å²) in [5, 5.41) is 3.43. The van der Waals surface area contributed by atoms with Crippen molar-refractivity contribution in [2.24, 2.45) is 7.05 Å². The molecule has 2 aromatic rings. The number of halogens is 1. The molecule has 0 unspecified atom stereocenters. The van der Waals surface area contributed by atoms with Crippen molar-refractivity contribution in [3.8, 4) is 0 Å². The first kappa shape index (κ1) is 11.4. The summed E-state index contributed by atoms with van der Waals surface area (Å²) in [6.45, 7) is 1.78. The molecular weight excluding hydrogens is 264 g/mol. The molecule has 3 heteroatoms. The predicted molar refractivity (Wildman–Crippen MR) is 70.1 cm³/mol. The molecule has 0 aliphatic carbocycles. The Bertz CT molecular complexity index is 462. The van der Waals surface area contributed by atoms with Gasteiger partial charge in [0.25, 0.3) is 0 Å². The zero-order valence-corrected chi connectivity index (χ0v) is 10.9. The van der Waals surface area contributed by atoms with Crippen molar-refractivity contribution in [2.75, 3.05) is 0 Å².